The van der Waals surface area contributed by atoms with Gasteiger partial charge in [0.05, 0.1) is 18.4 Å². The highest BCUT2D eigenvalue weighted by Crippen LogP contribution is 2.30. The summed E-state index contributed by atoms with van der Waals surface area (Å²) in [4.78, 5) is 13.5. The van der Waals surface area contributed by atoms with Crippen molar-refractivity contribution >= 4 is 11.6 Å². The van der Waals surface area contributed by atoms with Crippen LogP contribution < -0.4 is 9.64 Å². The summed E-state index contributed by atoms with van der Waals surface area (Å²) < 4.78 is 5.11. The molecule has 1 aliphatic rings. The first-order chi connectivity index (χ1) is 8.69. The molecule has 1 aliphatic heterocycles. The van der Waals surface area contributed by atoms with E-state index in [1.54, 1.807) is 30.2 Å². The Hall–Kier alpha value is -2.46. The number of carbonyl (C=O) groups is 1. The molecule has 1 atom stereocenters. The summed E-state index contributed by atoms with van der Waals surface area (Å²) in [5.74, 6) is 3.05. The quantitative estimate of drug-likeness (QED) is 0.737. The van der Waals surface area contributed by atoms with Crippen molar-refractivity contribution in [2.24, 2.45) is 5.92 Å². The van der Waals surface area contributed by atoms with Gasteiger partial charge in [-0.1, -0.05) is 0 Å². The Morgan fingerprint density at radius 2 is 2.33 bits per heavy atom. The molecule has 0 N–H and O–H groups in total. The smallest absolute Gasteiger partial charge is 0.228 e. The Kier molecular flexibility index (Phi) is 3.21. The van der Waals surface area contributed by atoms with E-state index in [0.717, 1.165) is 0 Å². The van der Waals surface area contributed by atoms with Crippen LogP contribution in [0.15, 0.2) is 18.2 Å². The minimum Gasteiger partial charge on any atom is -0.497 e. The Bertz CT molecular complexity index is 566. The first kappa shape index (κ1) is 12.0. The number of carbonyl (C=O) groups excluding carboxylic acids is 1. The minimum absolute atomic E-state index is 0.0531. The summed E-state index contributed by atoms with van der Waals surface area (Å²) in [6, 6.07) is 7.11. The highest BCUT2D eigenvalue weighted by Gasteiger charge is 2.30. The van der Waals surface area contributed by atoms with Crippen LogP contribution in [0.2, 0.25) is 0 Å². The second-order valence-electron chi connectivity index (χ2n) is 4.07. The number of nitriles is 1. The number of hydrogen-bond donors (Lipinski definition) is 0. The van der Waals surface area contributed by atoms with Crippen LogP contribution in [0.25, 0.3) is 0 Å². The van der Waals surface area contributed by atoms with Crippen molar-refractivity contribution in [3.05, 3.63) is 23.8 Å². The van der Waals surface area contributed by atoms with E-state index in [0.29, 0.717) is 30.0 Å². The van der Waals surface area contributed by atoms with Crippen LogP contribution in [0, 0.1) is 29.6 Å². The third-order valence-electron chi connectivity index (χ3n) is 2.98. The van der Waals surface area contributed by atoms with Crippen molar-refractivity contribution in [2.45, 2.75) is 6.42 Å². The maximum absolute atomic E-state index is 11.9. The van der Waals surface area contributed by atoms with Crippen molar-refractivity contribution in [1.82, 2.24) is 0 Å². The summed E-state index contributed by atoms with van der Waals surface area (Å²) in [5.41, 5.74) is 1.02. The predicted molar refractivity (Wildman–Crippen MR) is 67.0 cm³/mol. The molecule has 1 aromatic carbocycles. The van der Waals surface area contributed by atoms with E-state index in [4.69, 9.17) is 16.4 Å². The van der Waals surface area contributed by atoms with Crippen LogP contribution in [0.3, 0.4) is 0 Å². The van der Waals surface area contributed by atoms with Gasteiger partial charge in [0.1, 0.15) is 11.8 Å². The summed E-state index contributed by atoms with van der Waals surface area (Å²) in [6.07, 6.45) is 5.68. The maximum Gasteiger partial charge on any atom is 0.228 e. The van der Waals surface area contributed by atoms with Gasteiger partial charge < -0.3 is 9.64 Å². The monoisotopic (exact) mass is 240 g/mol. The van der Waals surface area contributed by atoms with Gasteiger partial charge >= 0.3 is 0 Å². The largest absolute Gasteiger partial charge is 0.497 e. The highest BCUT2D eigenvalue weighted by molar-refractivity contribution is 5.97. The summed E-state index contributed by atoms with van der Waals surface area (Å²) in [6.45, 7) is 0.456. The van der Waals surface area contributed by atoms with E-state index in [2.05, 4.69) is 12.0 Å². The summed E-state index contributed by atoms with van der Waals surface area (Å²) in [5, 5.41) is 9.08. The molecule has 0 radical (unpaired) electrons. The van der Waals surface area contributed by atoms with Gasteiger partial charge in [-0.05, 0) is 12.1 Å². The molecule has 1 saturated heterocycles. The van der Waals surface area contributed by atoms with Crippen molar-refractivity contribution in [2.75, 3.05) is 18.6 Å². The average Bonchev–Trinajstić information content (AvgIpc) is 2.79. The Morgan fingerprint density at radius 1 is 1.56 bits per heavy atom. The van der Waals surface area contributed by atoms with Crippen LogP contribution >= 0.6 is 0 Å². The fourth-order valence-corrected chi connectivity index (χ4v) is 2.01. The van der Waals surface area contributed by atoms with Crippen molar-refractivity contribution in [3.8, 4) is 24.2 Å². The third-order valence-corrected chi connectivity index (χ3v) is 2.98. The number of terminal acetylenes is 1. The molecule has 4 heteroatoms. The summed E-state index contributed by atoms with van der Waals surface area (Å²) >= 11 is 0. The molecule has 2 rings (SSSR count). The van der Waals surface area contributed by atoms with Crippen LogP contribution in [-0.2, 0) is 4.79 Å². The molecular weight excluding hydrogens is 228 g/mol. The number of amides is 1. The van der Waals surface area contributed by atoms with Gasteiger partial charge in [0.25, 0.3) is 0 Å². The number of hydrogen-bond acceptors (Lipinski definition) is 3. The molecule has 0 spiro atoms. The first-order valence-corrected chi connectivity index (χ1v) is 5.54. The minimum atomic E-state index is -0.0877. The Morgan fingerprint density at radius 3 is 2.89 bits per heavy atom. The lowest BCUT2D eigenvalue weighted by atomic mass is 10.1. The molecule has 0 bridgehead atoms. The van der Waals surface area contributed by atoms with Gasteiger partial charge in [-0.3, -0.25) is 4.79 Å². The molecule has 90 valence electrons. The van der Waals surface area contributed by atoms with Crippen molar-refractivity contribution < 1.29 is 9.53 Å². The van der Waals surface area contributed by atoms with Gasteiger partial charge in [0.15, 0.2) is 0 Å². The zero-order valence-corrected chi connectivity index (χ0v) is 10.0. The molecule has 1 aromatic rings. The zero-order valence-electron chi connectivity index (χ0n) is 10.0. The van der Waals surface area contributed by atoms with Crippen LogP contribution in [0.5, 0.6) is 5.75 Å². The lowest BCUT2D eigenvalue weighted by Crippen LogP contribution is -2.25. The molecule has 1 unspecified atom stereocenters. The fourth-order valence-electron chi connectivity index (χ4n) is 2.01. The lowest BCUT2D eigenvalue weighted by Gasteiger charge is -2.18. The fraction of sp³-hybridized carbons (Fsp3) is 0.286. The van der Waals surface area contributed by atoms with Gasteiger partial charge in [-0.25, -0.2) is 0 Å². The Balaban J connectivity index is 2.42. The highest BCUT2D eigenvalue weighted by atomic mass is 16.5. The standard InChI is InChI=1S/C14H12N2O2/c1-3-10-6-14(17)16(9-10)13-7-12(18-2)5-4-11(13)8-15/h1,4-5,7,10H,6,9H2,2H3. The lowest BCUT2D eigenvalue weighted by molar-refractivity contribution is -0.117. The van der Waals surface area contributed by atoms with E-state index in [1.165, 1.54) is 0 Å². The topological polar surface area (TPSA) is 53.3 Å². The van der Waals surface area contributed by atoms with E-state index < -0.39 is 0 Å². The number of benzene rings is 1. The molecule has 1 heterocycles. The molecular formula is C14H12N2O2. The first-order valence-electron chi connectivity index (χ1n) is 5.54. The normalized spacial score (nSPS) is 18.3. The molecule has 4 nitrogen and oxygen atoms in total. The van der Waals surface area contributed by atoms with E-state index in [1.807, 2.05) is 0 Å². The molecule has 1 amide bonds. The number of methoxy groups -OCH3 is 1. The molecule has 0 aromatic heterocycles. The van der Waals surface area contributed by atoms with Crippen LogP contribution in [-0.4, -0.2) is 19.6 Å². The van der Waals surface area contributed by atoms with E-state index in [9.17, 15) is 4.79 Å². The van der Waals surface area contributed by atoms with E-state index >= 15 is 0 Å². The van der Waals surface area contributed by atoms with Gasteiger partial charge in [0.2, 0.25) is 5.91 Å². The number of rotatable bonds is 2. The number of anilines is 1. The van der Waals surface area contributed by atoms with Crippen molar-refractivity contribution in [1.29, 1.82) is 5.26 Å². The average molecular weight is 240 g/mol. The summed E-state index contributed by atoms with van der Waals surface area (Å²) in [7, 11) is 1.54. The predicted octanol–water partition coefficient (Wildman–Crippen LogP) is 1.55. The van der Waals surface area contributed by atoms with Crippen LogP contribution in [0.4, 0.5) is 5.69 Å². The van der Waals surface area contributed by atoms with E-state index in [-0.39, 0.29) is 11.8 Å². The zero-order chi connectivity index (χ0) is 13.1. The van der Waals surface area contributed by atoms with Crippen LogP contribution in [0.1, 0.15) is 12.0 Å². The van der Waals surface area contributed by atoms with Crippen molar-refractivity contribution in [3.63, 3.8) is 0 Å². The maximum atomic E-state index is 11.9. The number of nitrogens with zero attached hydrogens (tertiary/aromatic N) is 2. The molecule has 0 saturated carbocycles. The second-order valence-corrected chi connectivity index (χ2v) is 4.07. The SMILES string of the molecule is C#CC1CC(=O)N(c2cc(OC)ccc2C#N)C1. The third kappa shape index (κ3) is 2.01. The number of ether oxygens (including phenoxy) is 1. The van der Waals surface area contributed by atoms with Gasteiger partial charge in [0, 0.05) is 24.9 Å². The second kappa shape index (κ2) is 4.81. The molecule has 0 aliphatic carbocycles. The van der Waals surface area contributed by atoms with Gasteiger partial charge in [-0.15, -0.1) is 12.3 Å². The molecule has 18 heavy (non-hydrogen) atoms. The van der Waals surface area contributed by atoms with Gasteiger partial charge in [-0.2, -0.15) is 5.26 Å². The molecule has 1 fully saturated rings. The Labute approximate surface area is 106 Å².